The van der Waals surface area contributed by atoms with Gasteiger partial charge in [0.1, 0.15) is 0 Å². The first-order valence-corrected chi connectivity index (χ1v) is 23.0. The Morgan fingerprint density at radius 1 is 0.394 bits per heavy atom. The lowest BCUT2D eigenvalue weighted by Crippen LogP contribution is -2.09. The molecular weight excluding hydrogens is 799 g/mol. The van der Waals surface area contributed by atoms with Crippen LogP contribution in [0, 0.1) is 0 Å². The van der Waals surface area contributed by atoms with Crippen molar-refractivity contribution in [2.75, 3.05) is 9.80 Å². The van der Waals surface area contributed by atoms with Crippen molar-refractivity contribution in [3.8, 4) is 27.9 Å². The summed E-state index contributed by atoms with van der Waals surface area (Å²) in [5, 5.41) is 4.96. The van der Waals surface area contributed by atoms with Crippen LogP contribution >= 0.6 is 0 Å². The number of nitrogens with zero attached hydrogens (tertiary/aromatic N) is 3. The number of anilines is 5. The molecule has 0 saturated carbocycles. The van der Waals surface area contributed by atoms with Crippen molar-refractivity contribution in [2.24, 2.45) is 0 Å². The van der Waals surface area contributed by atoms with Gasteiger partial charge in [0.15, 0.2) is 0 Å². The average molecular weight is 848 g/mol. The van der Waals surface area contributed by atoms with Gasteiger partial charge in [-0.05, 0) is 154 Å². The van der Waals surface area contributed by atoms with Crippen molar-refractivity contribution in [3.05, 3.63) is 260 Å². The van der Waals surface area contributed by atoms with Crippen molar-refractivity contribution in [3.63, 3.8) is 0 Å². The number of allylic oxidation sites excluding steroid dienone is 1. The van der Waals surface area contributed by atoms with Gasteiger partial charge in [-0.25, -0.2) is 0 Å². The van der Waals surface area contributed by atoms with Gasteiger partial charge in [0.25, 0.3) is 0 Å². The molecule has 0 aliphatic carbocycles. The molecule has 0 N–H and O–H groups in total. The first kappa shape index (κ1) is 40.4. The van der Waals surface area contributed by atoms with E-state index in [2.05, 4.69) is 276 Å². The number of benzene rings is 10. The van der Waals surface area contributed by atoms with Crippen molar-refractivity contribution in [2.45, 2.75) is 19.8 Å². The molecule has 1 heterocycles. The molecule has 0 fully saturated rings. The molecule has 3 heteroatoms. The second-order valence-electron chi connectivity index (χ2n) is 16.9. The van der Waals surface area contributed by atoms with Crippen LogP contribution in [-0.2, 0) is 0 Å². The van der Waals surface area contributed by atoms with E-state index in [9.17, 15) is 0 Å². The van der Waals surface area contributed by atoms with Crippen LogP contribution in [0.3, 0.4) is 0 Å². The zero-order chi connectivity index (χ0) is 44.2. The molecular formula is C63H49N3. The maximum atomic E-state index is 2.44. The standard InChI is InChI=1S/C63H49N3/c1-2-17-53(45-64(54-20-7-3-8-21-54)55-22-9-4-10-23-55)52-35-41-63-61(44-52)60-43-51(48-30-36-58(37-31-48)65(56-24-11-5-12-25-56)57-26-13-6-14-27-57)34-40-62(60)66(63)59-38-32-47(33-39-59)50-29-28-46-18-15-16-19-49(46)42-50/h3-16,18-45H,2,17H2,1H3/b53-45+. The topological polar surface area (TPSA) is 11.4 Å². The largest absolute Gasteiger partial charge is 0.317 e. The Balaban J connectivity index is 1.04. The van der Waals surface area contributed by atoms with E-state index in [0.29, 0.717) is 0 Å². The molecule has 0 radical (unpaired) electrons. The van der Waals surface area contributed by atoms with Gasteiger partial charge < -0.3 is 14.4 Å². The van der Waals surface area contributed by atoms with Gasteiger partial charge in [0.2, 0.25) is 0 Å². The van der Waals surface area contributed by atoms with Gasteiger partial charge in [-0.1, -0.05) is 159 Å². The average Bonchev–Trinajstić information content (AvgIpc) is 3.72. The molecule has 316 valence electrons. The fourth-order valence-corrected chi connectivity index (χ4v) is 9.44. The summed E-state index contributed by atoms with van der Waals surface area (Å²) >= 11 is 0. The van der Waals surface area contributed by atoms with Crippen molar-refractivity contribution in [1.29, 1.82) is 0 Å². The SMILES string of the molecule is CCC/C(=C\N(c1ccccc1)c1ccccc1)c1ccc2c(c1)c1cc(-c3ccc(N(c4ccccc4)c4ccccc4)cc3)ccc1n2-c1ccc(-c2ccc3ccccc3c2)cc1. The third kappa shape index (κ3) is 7.93. The fourth-order valence-electron chi connectivity index (χ4n) is 9.44. The Bertz CT molecular complexity index is 3370. The van der Waals surface area contributed by atoms with Crippen molar-refractivity contribution >= 4 is 66.6 Å². The predicted molar refractivity (Wildman–Crippen MR) is 282 cm³/mol. The maximum absolute atomic E-state index is 2.44. The van der Waals surface area contributed by atoms with Gasteiger partial charge in [0, 0.05) is 51.1 Å². The number of para-hydroxylation sites is 4. The lowest BCUT2D eigenvalue weighted by molar-refractivity contribution is 0.969. The Labute approximate surface area is 387 Å². The minimum Gasteiger partial charge on any atom is -0.317 e. The number of hydrogen-bond donors (Lipinski definition) is 0. The van der Waals surface area contributed by atoms with Crippen LogP contribution in [0.15, 0.2) is 255 Å². The van der Waals surface area contributed by atoms with Crippen LogP contribution in [0.25, 0.3) is 66.1 Å². The lowest BCUT2D eigenvalue weighted by atomic mass is 9.98. The summed E-state index contributed by atoms with van der Waals surface area (Å²) in [6.07, 6.45) is 4.32. The number of hydrogen-bond acceptors (Lipinski definition) is 2. The van der Waals surface area contributed by atoms with E-state index >= 15 is 0 Å². The van der Waals surface area contributed by atoms with Gasteiger partial charge in [-0.15, -0.1) is 0 Å². The highest BCUT2D eigenvalue weighted by Crippen LogP contribution is 2.40. The third-order valence-electron chi connectivity index (χ3n) is 12.7. The van der Waals surface area contributed by atoms with Crippen LogP contribution in [0.1, 0.15) is 25.3 Å². The molecule has 0 amide bonds. The maximum Gasteiger partial charge on any atom is 0.0541 e. The molecule has 11 aromatic rings. The second kappa shape index (κ2) is 18.0. The third-order valence-corrected chi connectivity index (χ3v) is 12.7. The van der Waals surface area contributed by atoms with E-state index in [1.165, 1.54) is 66.0 Å². The Morgan fingerprint density at radius 3 is 1.44 bits per heavy atom. The van der Waals surface area contributed by atoms with Crippen LogP contribution in [-0.4, -0.2) is 4.57 Å². The Morgan fingerprint density at radius 2 is 0.848 bits per heavy atom. The van der Waals surface area contributed by atoms with E-state index in [1.54, 1.807) is 0 Å². The van der Waals surface area contributed by atoms with Crippen molar-refractivity contribution < 1.29 is 0 Å². The zero-order valence-electron chi connectivity index (χ0n) is 37.0. The summed E-state index contributed by atoms with van der Waals surface area (Å²) in [6, 6.07) is 90.0. The molecule has 0 saturated heterocycles. The van der Waals surface area contributed by atoms with E-state index < -0.39 is 0 Å². The van der Waals surface area contributed by atoms with Gasteiger partial charge in [-0.3, -0.25) is 0 Å². The number of fused-ring (bicyclic) bond motifs is 4. The van der Waals surface area contributed by atoms with Crippen LogP contribution < -0.4 is 9.80 Å². The molecule has 0 unspecified atom stereocenters. The molecule has 0 aliphatic rings. The van der Waals surface area contributed by atoms with E-state index in [4.69, 9.17) is 0 Å². The smallest absolute Gasteiger partial charge is 0.0541 e. The van der Waals surface area contributed by atoms with Crippen LogP contribution in [0.5, 0.6) is 0 Å². The predicted octanol–water partition coefficient (Wildman–Crippen LogP) is 17.7. The van der Waals surface area contributed by atoms with Gasteiger partial charge >= 0.3 is 0 Å². The molecule has 0 bridgehead atoms. The molecule has 11 rings (SSSR count). The molecule has 66 heavy (non-hydrogen) atoms. The summed E-state index contributed by atoms with van der Waals surface area (Å²) < 4.78 is 2.44. The molecule has 3 nitrogen and oxygen atoms in total. The summed E-state index contributed by atoms with van der Waals surface area (Å²) in [5.74, 6) is 0. The zero-order valence-corrected chi connectivity index (χ0v) is 37.0. The first-order chi connectivity index (χ1) is 32.7. The summed E-state index contributed by atoms with van der Waals surface area (Å²) in [5.41, 5.74) is 16.4. The molecule has 0 spiro atoms. The summed E-state index contributed by atoms with van der Waals surface area (Å²) in [6.45, 7) is 2.27. The highest BCUT2D eigenvalue weighted by Gasteiger charge is 2.18. The second-order valence-corrected chi connectivity index (χ2v) is 16.9. The summed E-state index contributed by atoms with van der Waals surface area (Å²) in [4.78, 5) is 4.64. The minimum atomic E-state index is 0.942. The number of rotatable bonds is 12. The van der Waals surface area contributed by atoms with Gasteiger partial charge in [-0.2, -0.15) is 0 Å². The molecule has 1 aromatic heterocycles. The number of aromatic nitrogens is 1. The fraction of sp³-hybridized carbons (Fsp3) is 0.0476. The van der Waals surface area contributed by atoms with E-state index in [0.717, 1.165) is 47.0 Å². The lowest BCUT2D eigenvalue weighted by Gasteiger charge is -2.25. The highest BCUT2D eigenvalue weighted by molar-refractivity contribution is 6.11. The molecule has 0 atom stereocenters. The van der Waals surface area contributed by atoms with Crippen LogP contribution in [0.2, 0.25) is 0 Å². The van der Waals surface area contributed by atoms with Crippen LogP contribution in [0.4, 0.5) is 28.4 Å². The first-order valence-electron chi connectivity index (χ1n) is 23.0. The molecule has 0 aliphatic heterocycles. The minimum absolute atomic E-state index is 0.942. The normalized spacial score (nSPS) is 11.6. The van der Waals surface area contributed by atoms with Crippen molar-refractivity contribution in [1.82, 2.24) is 4.57 Å². The quantitative estimate of drug-likeness (QED) is 0.121. The Kier molecular flexibility index (Phi) is 11.0. The van der Waals surface area contributed by atoms with E-state index in [-0.39, 0.29) is 0 Å². The summed E-state index contributed by atoms with van der Waals surface area (Å²) in [7, 11) is 0. The Hall–Kier alpha value is -8.40. The van der Waals surface area contributed by atoms with E-state index in [1.807, 2.05) is 0 Å². The molecule has 10 aromatic carbocycles. The highest BCUT2D eigenvalue weighted by atomic mass is 15.1. The van der Waals surface area contributed by atoms with Gasteiger partial charge in [0.05, 0.1) is 11.0 Å². The monoisotopic (exact) mass is 847 g/mol.